The summed E-state index contributed by atoms with van der Waals surface area (Å²) in [5, 5.41) is 0. The Hall–Kier alpha value is -1.12. The molecule has 0 heterocycles. The second kappa shape index (κ2) is 4.94. The van der Waals surface area contributed by atoms with Crippen molar-refractivity contribution in [2.24, 2.45) is 11.8 Å². The number of hydrogen-bond donors (Lipinski definition) is 0. The van der Waals surface area contributed by atoms with E-state index in [0.29, 0.717) is 0 Å². The molecule has 1 saturated carbocycles. The molecular formula is C11H16O3. The van der Waals surface area contributed by atoms with Crippen LogP contribution < -0.4 is 0 Å². The molecule has 0 N–H and O–H groups in total. The van der Waals surface area contributed by atoms with Gasteiger partial charge in [0.1, 0.15) is 5.78 Å². The van der Waals surface area contributed by atoms with Crippen LogP contribution in [-0.2, 0) is 14.3 Å². The third-order valence-corrected chi connectivity index (χ3v) is 2.76. The number of ketones is 1. The summed E-state index contributed by atoms with van der Waals surface area (Å²) in [5.74, 6) is -0.359. The summed E-state index contributed by atoms with van der Waals surface area (Å²) in [7, 11) is 1.35. The predicted octanol–water partition coefficient (Wildman–Crippen LogP) is 1.72. The van der Waals surface area contributed by atoms with Gasteiger partial charge in [0.15, 0.2) is 0 Å². The largest absolute Gasteiger partial charge is 0.469 e. The van der Waals surface area contributed by atoms with E-state index in [1.54, 1.807) is 6.08 Å². The van der Waals surface area contributed by atoms with E-state index in [0.717, 1.165) is 19.3 Å². The summed E-state index contributed by atoms with van der Waals surface area (Å²) >= 11 is 0. The number of hydrogen-bond acceptors (Lipinski definition) is 3. The fourth-order valence-electron chi connectivity index (χ4n) is 1.89. The summed E-state index contributed by atoms with van der Waals surface area (Å²) in [6.07, 6.45) is 4.58. The predicted molar refractivity (Wildman–Crippen MR) is 52.7 cm³/mol. The highest BCUT2D eigenvalue weighted by atomic mass is 16.5. The molecule has 0 aromatic rings. The van der Waals surface area contributed by atoms with Crippen LogP contribution in [0.4, 0.5) is 0 Å². The van der Waals surface area contributed by atoms with E-state index in [2.05, 4.69) is 11.3 Å². The molecule has 0 spiro atoms. The highest BCUT2D eigenvalue weighted by Gasteiger charge is 2.30. The molecule has 1 rings (SSSR count). The lowest BCUT2D eigenvalue weighted by Gasteiger charge is -2.24. The molecule has 0 aromatic heterocycles. The Morgan fingerprint density at radius 1 is 1.64 bits per heavy atom. The average Bonchev–Trinajstić information content (AvgIpc) is 2.21. The molecule has 1 aliphatic rings. The second-order valence-corrected chi connectivity index (χ2v) is 3.65. The van der Waals surface area contributed by atoms with E-state index in [1.165, 1.54) is 7.11 Å². The fourth-order valence-corrected chi connectivity index (χ4v) is 1.89. The van der Waals surface area contributed by atoms with Crippen molar-refractivity contribution in [2.75, 3.05) is 7.11 Å². The van der Waals surface area contributed by atoms with Crippen molar-refractivity contribution in [3.63, 3.8) is 0 Å². The Morgan fingerprint density at radius 3 is 2.93 bits per heavy atom. The smallest absolute Gasteiger partial charge is 0.306 e. The molecule has 0 amide bonds. The average molecular weight is 196 g/mol. The third kappa shape index (κ3) is 2.44. The highest BCUT2D eigenvalue weighted by molar-refractivity contribution is 5.88. The summed E-state index contributed by atoms with van der Waals surface area (Å²) < 4.78 is 4.55. The zero-order valence-corrected chi connectivity index (χ0v) is 8.49. The van der Waals surface area contributed by atoms with Crippen LogP contribution in [0.2, 0.25) is 0 Å². The molecule has 1 aliphatic carbocycles. The molecule has 2 atom stereocenters. The van der Waals surface area contributed by atoms with E-state index in [9.17, 15) is 9.59 Å². The maximum atomic E-state index is 11.7. The van der Waals surface area contributed by atoms with Gasteiger partial charge in [-0.05, 0) is 12.8 Å². The van der Waals surface area contributed by atoms with Crippen LogP contribution in [0.3, 0.4) is 0 Å². The molecule has 2 unspecified atom stereocenters. The first-order valence-electron chi connectivity index (χ1n) is 4.92. The van der Waals surface area contributed by atoms with Gasteiger partial charge in [-0.3, -0.25) is 9.59 Å². The number of methoxy groups -OCH3 is 1. The minimum atomic E-state index is -0.298. The van der Waals surface area contributed by atoms with E-state index in [1.807, 2.05) is 0 Å². The van der Waals surface area contributed by atoms with Crippen LogP contribution in [0.1, 0.15) is 25.7 Å². The van der Waals surface area contributed by atoms with E-state index >= 15 is 0 Å². The molecule has 1 fully saturated rings. The van der Waals surface area contributed by atoms with Gasteiger partial charge in [-0.25, -0.2) is 0 Å². The van der Waals surface area contributed by atoms with Gasteiger partial charge in [0.2, 0.25) is 0 Å². The third-order valence-electron chi connectivity index (χ3n) is 2.76. The number of carbonyl (C=O) groups is 2. The molecule has 3 heteroatoms. The van der Waals surface area contributed by atoms with Gasteiger partial charge >= 0.3 is 5.97 Å². The van der Waals surface area contributed by atoms with Gasteiger partial charge in [0, 0.05) is 11.8 Å². The number of carbonyl (C=O) groups excluding carboxylic acids is 2. The summed E-state index contributed by atoms with van der Waals surface area (Å²) in [6.45, 7) is 3.63. The van der Waals surface area contributed by atoms with Gasteiger partial charge in [0.25, 0.3) is 0 Å². The minimum Gasteiger partial charge on any atom is -0.469 e. The van der Waals surface area contributed by atoms with E-state index in [-0.39, 0.29) is 30.0 Å². The normalized spacial score (nSPS) is 27.1. The molecule has 0 bridgehead atoms. The monoisotopic (exact) mass is 196 g/mol. The lowest BCUT2D eigenvalue weighted by molar-refractivity contribution is -0.145. The van der Waals surface area contributed by atoms with Gasteiger partial charge in [0.05, 0.1) is 13.5 Å². The first-order valence-corrected chi connectivity index (χ1v) is 4.92. The first kappa shape index (κ1) is 11.0. The Bertz CT molecular complexity index is 245. The van der Waals surface area contributed by atoms with Gasteiger partial charge in [-0.2, -0.15) is 0 Å². The zero-order valence-electron chi connectivity index (χ0n) is 8.49. The molecular weight excluding hydrogens is 180 g/mol. The highest BCUT2D eigenvalue weighted by Crippen LogP contribution is 2.28. The lowest BCUT2D eigenvalue weighted by atomic mass is 9.79. The van der Waals surface area contributed by atoms with Crippen molar-refractivity contribution in [1.29, 1.82) is 0 Å². The van der Waals surface area contributed by atoms with Crippen molar-refractivity contribution in [3.8, 4) is 0 Å². The summed E-state index contributed by atoms with van der Waals surface area (Å²) in [5.41, 5.74) is 0. The van der Waals surface area contributed by atoms with Crippen LogP contribution in [-0.4, -0.2) is 18.9 Å². The van der Waals surface area contributed by atoms with Crippen LogP contribution >= 0.6 is 0 Å². The van der Waals surface area contributed by atoms with Crippen molar-refractivity contribution in [3.05, 3.63) is 12.7 Å². The van der Waals surface area contributed by atoms with Crippen molar-refractivity contribution >= 4 is 11.8 Å². The Labute approximate surface area is 84.1 Å². The number of rotatable bonds is 3. The molecule has 3 nitrogen and oxygen atoms in total. The number of Topliss-reactive ketones (excluding diaryl/α,β-unsaturated/α-hetero) is 1. The molecule has 0 radical (unpaired) electrons. The van der Waals surface area contributed by atoms with Gasteiger partial charge < -0.3 is 4.74 Å². The number of esters is 1. The maximum Gasteiger partial charge on any atom is 0.306 e. The number of ether oxygens (including phenoxy) is 1. The van der Waals surface area contributed by atoms with Crippen molar-refractivity contribution < 1.29 is 14.3 Å². The second-order valence-electron chi connectivity index (χ2n) is 3.65. The van der Waals surface area contributed by atoms with Gasteiger partial charge in [-0.15, -0.1) is 6.58 Å². The Morgan fingerprint density at radius 2 is 2.36 bits per heavy atom. The van der Waals surface area contributed by atoms with Gasteiger partial charge in [-0.1, -0.05) is 12.5 Å². The number of allylic oxidation sites excluding steroid dienone is 1. The maximum absolute atomic E-state index is 11.7. The summed E-state index contributed by atoms with van der Waals surface area (Å²) in [6, 6.07) is 0. The fraction of sp³-hybridized carbons (Fsp3) is 0.636. The molecule has 78 valence electrons. The first-order chi connectivity index (χ1) is 6.69. The zero-order chi connectivity index (χ0) is 10.6. The molecule has 0 aromatic carbocycles. The van der Waals surface area contributed by atoms with E-state index < -0.39 is 0 Å². The standard InChI is InChI=1S/C11H16O3/c1-3-8-5-4-6-9(11(8)13)7-10(12)14-2/h3,8-9H,1,4-7H2,2H3. The quantitative estimate of drug-likeness (QED) is 0.510. The molecule has 0 saturated heterocycles. The Kier molecular flexibility index (Phi) is 3.86. The Balaban J connectivity index is 2.56. The minimum absolute atomic E-state index is 0.0570. The molecule has 0 aliphatic heterocycles. The topological polar surface area (TPSA) is 43.4 Å². The lowest BCUT2D eigenvalue weighted by Crippen LogP contribution is -2.29. The molecule has 14 heavy (non-hydrogen) atoms. The van der Waals surface area contributed by atoms with Crippen molar-refractivity contribution in [2.45, 2.75) is 25.7 Å². The van der Waals surface area contributed by atoms with Crippen LogP contribution in [0.15, 0.2) is 12.7 Å². The van der Waals surface area contributed by atoms with Crippen LogP contribution in [0.5, 0.6) is 0 Å². The van der Waals surface area contributed by atoms with Crippen LogP contribution in [0, 0.1) is 11.8 Å². The van der Waals surface area contributed by atoms with Crippen molar-refractivity contribution in [1.82, 2.24) is 0 Å². The van der Waals surface area contributed by atoms with Crippen LogP contribution in [0.25, 0.3) is 0 Å². The SMILES string of the molecule is C=CC1CCCC(CC(=O)OC)C1=O. The summed E-state index contributed by atoms with van der Waals surface area (Å²) in [4.78, 5) is 22.7. The van der Waals surface area contributed by atoms with E-state index in [4.69, 9.17) is 0 Å².